The van der Waals surface area contributed by atoms with Gasteiger partial charge in [0, 0.05) is 39.0 Å². The van der Waals surface area contributed by atoms with Crippen LogP contribution in [0.25, 0.3) is 0 Å². The van der Waals surface area contributed by atoms with E-state index < -0.39 is 12.2 Å². The zero-order chi connectivity index (χ0) is 18.7. The predicted molar refractivity (Wildman–Crippen MR) is 102 cm³/mol. The molecule has 2 atom stereocenters. The van der Waals surface area contributed by atoms with Gasteiger partial charge in [-0.15, -0.1) is 0 Å². The zero-order valence-electron chi connectivity index (χ0n) is 15.8. The van der Waals surface area contributed by atoms with Crippen LogP contribution in [0.3, 0.4) is 0 Å². The number of morpholine rings is 1. The standard InChI is InChI=1S/C17H29N5O3S/c1-12(2)4-5-22-13-14(20(3)16(24)19-15(13)23)18-17(22)26-11-8-21-6-9-25-10-7-21/h12-14H,4-11H2,1-3H3,(H,19,23,24). The molecule has 2 fully saturated rings. The molecule has 0 radical (unpaired) electrons. The summed E-state index contributed by atoms with van der Waals surface area (Å²) in [4.78, 5) is 35.1. The average molecular weight is 384 g/mol. The van der Waals surface area contributed by atoms with E-state index in [0.29, 0.717) is 5.92 Å². The van der Waals surface area contributed by atoms with Gasteiger partial charge in [0.2, 0.25) is 0 Å². The van der Waals surface area contributed by atoms with Crippen LogP contribution in [0.4, 0.5) is 4.79 Å². The number of urea groups is 1. The molecule has 0 aromatic carbocycles. The smallest absolute Gasteiger partial charge is 0.325 e. The molecule has 2 saturated heterocycles. The van der Waals surface area contributed by atoms with Crippen molar-refractivity contribution in [2.24, 2.45) is 10.9 Å². The van der Waals surface area contributed by atoms with Crippen LogP contribution in [-0.2, 0) is 9.53 Å². The van der Waals surface area contributed by atoms with Crippen molar-refractivity contribution in [2.45, 2.75) is 32.5 Å². The van der Waals surface area contributed by atoms with Crippen LogP contribution in [0.15, 0.2) is 4.99 Å². The Hall–Kier alpha value is -1.32. The van der Waals surface area contributed by atoms with Crippen molar-refractivity contribution < 1.29 is 14.3 Å². The molecule has 3 aliphatic heterocycles. The van der Waals surface area contributed by atoms with Crippen LogP contribution < -0.4 is 5.32 Å². The maximum atomic E-state index is 12.4. The lowest BCUT2D eigenvalue weighted by molar-refractivity contribution is -0.127. The molecule has 9 heteroatoms. The summed E-state index contributed by atoms with van der Waals surface area (Å²) < 4.78 is 5.39. The predicted octanol–water partition coefficient (Wildman–Crippen LogP) is 0.646. The van der Waals surface area contributed by atoms with Gasteiger partial charge in [0.1, 0.15) is 0 Å². The first-order valence-corrected chi connectivity index (χ1v) is 10.3. The fourth-order valence-electron chi connectivity index (χ4n) is 3.34. The molecule has 0 aliphatic carbocycles. The second kappa shape index (κ2) is 8.58. The molecule has 2 unspecified atom stereocenters. The molecule has 3 aliphatic rings. The average Bonchev–Trinajstić information content (AvgIpc) is 2.98. The molecule has 8 nitrogen and oxygen atoms in total. The van der Waals surface area contributed by atoms with E-state index >= 15 is 0 Å². The summed E-state index contributed by atoms with van der Waals surface area (Å²) in [7, 11) is 1.70. The van der Waals surface area contributed by atoms with Crippen molar-refractivity contribution in [3.8, 4) is 0 Å². The monoisotopic (exact) mass is 383 g/mol. The molecule has 146 valence electrons. The number of aliphatic imine (C=N–C) groups is 1. The van der Waals surface area contributed by atoms with Gasteiger partial charge in [-0.25, -0.2) is 9.79 Å². The Bertz CT molecular complexity index is 565. The van der Waals surface area contributed by atoms with Crippen molar-refractivity contribution in [1.29, 1.82) is 0 Å². The quantitative estimate of drug-likeness (QED) is 0.726. The zero-order valence-corrected chi connectivity index (χ0v) is 16.6. The van der Waals surface area contributed by atoms with Crippen LogP contribution in [-0.4, -0.2) is 96.2 Å². The van der Waals surface area contributed by atoms with E-state index in [2.05, 4.69) is 29.0 Å². The number of fused-ring (bicyclic) bond motifs is 1. The third-order valence-electron chi connectivity index (χ3n) is 5.01. The first-order chi connectivity index (χ1) is 12.5. The normalized spacial score (nSPS) is 27.0. The lowest BCUT2D eigenvalue weighted by Crippen LogP contribution is -2.63. The summed E-state index contributed by atoms with van der Waals surface area (Å²) in [6.45, 7) is 9.62. The number of nitrogens with one attached hydrogen (secondary N) is 1. The Morgan fingerprint density at radius 3 is 2.69 bits per heavy atom. The topological polar surface area (TPSA) is 77.5 Å². The summed E-state index contributed by atoms with van der Waals surface area (Å²) in [5.41, 5.74) is 0. The molecule has 1 N–H and O–H groups in total. The van der Waals surface area contributed by atoms with Crippen molar-refractivity contribution in [3.05, 3.63) is 0 Å². The van der Waals surface area contributed by atoms with E-state index in [1.165, 1.54) is 4.90 Å². The van der Waals surface area contributed by atoms with Gasteiger partial charge in [0.15, 0.2) is 17.4 Å². The number of rotatable bonds is 6. The second-order valence-corrected chi connectivity index (χ2v) is 8.42. The second-order valence-electron chi connectivity index (χ2n) is 7.35. The Labute approximate surface area is 159 Å². The van der Waals surface area contributed by atoms with Gasteiger partial charge >= 0.3 is 6.03 Å². The number of likely N-dealkylation sites (N-methyl/N-ethyl adjacent to an activating group) is 1. The molecular weight excluding hydrogens is 354 g/mol. The lowest BCUT2D eigenvalue weighted by atomic mass is 10.1. The largest absolute Gasteiger partial charge is 0.379 e. The van der Waals surface area contributed by atoms with Crippen molar-refractivity contribution in [1.82, 2.24) is 20.0 Å². The van der Waals surface area contributed by atoms with E-state index in [-0.39, 0.29) is 11.9 Å². The third kappa shape index (κ3) is 4.32. The van der Waals surface area contributed by atoms with E-state index in [9.17, 15) is 9.59 Å². The number of thioether (sulfide) groups is 1. The molecule has 0 saturated carbocycles. The van der Waals surface area contributed by atoms with Gasteiger partial charge in [-0.1, -0.05) is 25.6 Å². The Morgan fingerprint density at radius 2 is 2.00 bits per heavy atom. The third-order valence-corrected chi connectivity index (χ3v) is 6.00. The molecule has 0 aromatic heterocycles. The maximum absolute atomic E-state index is 12.4. The minimum atomic E-state index is -0.422. The fourth-order valence-corrected chi connectivity index (χ4v) is 4.43. The minimum absolute atomic E-state index is 0.241. The van der Waals surface area contributed by atoms with Crippen molar-refractivity contribution >= 4 is 28.9 Å². The maximum Gasteiger partial charge on any atom is 0.325 e. The Balaban J connectivity index is 1.65. The molecule has 26 heavy (non-hydrogen) atoms. The van der Waals surface area contributed by atoms with Gasteiger partial charge in [-0.05, 0) is 12.3 Å². The highest BCUT2D eigenvalue weighted by Gasteiger charge is 2.48. The van der Waals surface area contributed by atoms with Crippen molar-refractivity contribution in [2.75, 3.05) is 52.2 Å². The Morgan fingerprint density at radius 1 is 1.27 bits per heavy atom. The molecule has 0 spiro atoms. The number of hydrogen-bond acceptors (Lipinski definition) is 7. The summed E-state index contributed by atoms with van der Waals surface area (Å²) in [5.74, 6) is 1.21. The van der Waals surface area contributed by atoms with Gasteiger partial charge in [0.05, 0.1) is 13.2 Å². The Kier molecular flexibility index (Phi) is 6.42. The van der Waals surface area contributed by atoms with E-state index in [1.807, 2.05) is 0 Å². The summed E-state index contributed by atoms with van der Waals surface area (Å²) in [5, 5.41) is 3.33. The molecule has 0 bridgehead atoms. The number of carbonyl (C=O) groups is 2. The van der Waals surface area contributed by atoms with Crippen LogP contribution in [0.1, 0.15) is 20.3 Å². The SMILES string of the molecule is CC(C)CCN1C(SCCN2CCOCC2)=NC2C1C(=O)NC(=O)N2C. The van der Waals surface area contributed by atoms with Crippen LogP contribution in [0.5, 0.6) is 0 Å². The first-order valence-electron chi connectivity index (χ1n) is 9.32. The fraction of sp³-hybridized carbons (Fsp3) is 0.824. The number of ether oxygens (including phenoxy) is 1. The van der Waals surface area contributed by atoms with Gasteiger partial charge in [-0.2, -0.15) is 0 Å². The highest BCUT2D eigenvalue weighted by atomic mass is 32.2. The number of amidine groups is 1. The summed E-state index contributed by atoms with van der Waals surface area (Å²) in [6, 6.07) is -0.786. The van der Waals surface area contributed by atoms with Crippen molar-refractivity contribution in [3.63, 3.8) is 0 Å². The molecule has 3 heterocycles. The minimum Gasteiger partial charge on any atom is -0.379 e. The highest BCUT2D eigenvalue weighted by molar-refractivity contribution is 8.13. The van der Waals surface area contributed by atoms with Gasteiger partial charge in [-0.3, -0.25) is 15.0 Å². The summed E-state index contributed by atoms with van der Waals surface area (Å²) >= 11 is 1.68. The van der Waals surface area contributed by atoms with Crippen LogP contribution >= 0.6 is 11.8 Å². The number of nitrogens with zero attached hydrogens (tertiary/aromatic N) is 4. The van der Waals surface area contributed by atoms with Gasteiger partial charge < -0.3 is 14.5 Å². The first kappa shape index (κ1) is 19.4. The van der Waals surface area contributed by atoms with E-state index in [4.69, 9.17) is 9.73 Å². The van der Waals surface area contributed by atoms with E-state index in [0.717, 1.165) is 56.7 Å². The number of carbonyl (C=O) groups excluding carboxylic acids is 2. The molecule has 0 aromatic rings. The molecule has 3 amide bonds. The number of imide groups is 1. The highest BCUT2D eigenvalue weighted by Crippen LogP contribution is 2.29. The number of amides is 3. The van der Waals surface area contributed by atoms with Crippen LogP contribution in [0.2, 0.25) is 0 Å². The lowest BCUT2D eigenvalue weighted by Gasteiger charge is -2.36. The van der Waals surface area contributed by atoms with Gasteiger partial charge in [0.25, 0.3) is 5.91 Å². The van der Waals surface area contributed by atoms with E-state index in [1.54, 1.807) is 18.8 Å². The summed E-state index contributed by atoms with van der Waals surface area (Å²) in [6.07, 6.45) is 0.561. The number of hydrogen-bond donors (Lipinski definition) is 1. The molecular formula is C17H29N5O3S. The van der Waals surface area contributed by atoms with Crippen LogP contribution in [0, 0.1) is 5.92 Å². The molecule has 3 rings (SSSR count).